The molecule has 0 saturated heterocycles. The molecule has 0 spiro atoms. The fourth-order valence-corrected chi connectivity index (χ4v) is 2.30. The zero-order valence-electron chi connectivity index (χ0n) is 13.4. The highest BCUT2D eigenvalue weighted by Crippen LogP contribution is 2.22. The van der Waals surface area contributed by atoms with Crippen LogP contribution in [0.1, 0.15) is 49.8 Å². The third-order valence-electron chi connectivity index (χ3n) is 3.77. The van der Waals surface area contributed by atoms with Crippen molar-refractivity contribution < 1.29 is 9.47 Å². The minimum absolute atomic E-state index is 0.125. The standard InChI is InChI=1S/C18H29NO2/c1-3-4-10-20-11-12-21-18(14-19-17-8-9-17)16-7-5-6-15(2)13-16/h5-7,13,17-19H,3-4,8-12,14H2,1-2H3. The molecule has 3 nitrogen and oxygen atoms in total. The molecule has 1 aliphatic carbocycles. The van der Waals surface area contributed by atoms with E-state index in [-0.39, 0.29) is 6.10 Å². The molecule has 1 fully saturated rings. The Kier molecular flexibility index (Phi) is 7.20. The van der Waals surface area contributed by atoms with Crippen LogP contribution in [0.15, 0.2) is 24.3 Å². The Morgan fingerprint density at radius 2 is 2.10 bits per heavy atom. The van der Waals surface area contributed by atoms with Crippen molar-refractivity contribution in [1.82, 2.24) is 5.32 Å². The first-order valence-corrected chi connectivity index (χ1v) is 8.29. The van der Waals surface area contributed by atoms with Gasteiger partial charge in [0.05, 0.1) is 19.3 Å². The summed E-state index contributed by atoms with van der Waals surface area (Å²) >= 11 is 0. The average molecular weight is 291 g/mol. The molecule has 118 valence electrons. The Labute approximate surface area is 129 Å². The largest absolute Gasteiger partial charge is 0.379 e. The number of rotatable bonds is 11. The summed E-state index contributed by atoms with van der Waals surface area (Å²) in [6.45, 7) is 7.39. The quantitative estimate of drug-likeness (QED) is 0.632. The van der Waals surface area contributed by atoms with Gasteiger partial charge in [-0.25, -0.2) is 0 Å². The molecule has 1 aliphatic rings. The van der Waals surface area contributed by atoms with Crippen LogP contribution in [0.3, 0.4) is 0 Å². The molecule has 1 atom stereocenters. The summed E-state index contributed by atoms with van der Waals surface area (Å²) in [5, 5.41) is 3.57. The van der Waals surface area contributed by atoms with Crippen LogP contribution in [0.25, 0.3) is 0 Å². The van der Waals surface area contributed by atoms with Crippen LogP contribution in [-0.4, -0.2) is 32.4 Å². The van der Waals surface area contributed by atoms with Crippen molar-refractivity contribution in [3.05, 3.63) is 35.4 Å². The highest BCUT2D eigenvalue weighted by atomic mass is 16.5. The van der Waals surface area contributed by atoms with Crippen LogP contribution >= 0.6 is 0 Å². The predicted molar refractivity (Wildman–Crippen MR) is 86.6 cm³/mol. The van der Waals surface area contributed by atoms with Gasteiger partial charge in [-0.3, -0.25) is 0 Å². The molecule has 21 heavy (non-hydrogen) atoms. The second kappa shape index (κ2) is 9.19. The van der Waals surface area contributed by atoms with Crippen molar-refractivity contribution in [1.29, 1.82) is 0 Å². The smallest absolute Gasteiger partial charge is 0.0950 e. The minimum Gasteiger partial charge on any atom is -0.379 e. The van der Waals surface area contributed by atoms with Crippen molar-refractivity contribution in [3.8, 4) is 0 Å². The molecule has 0 aliphatic heterocycles. The topological polar surface area (TPSA) is 30.5 Å². The maximum absolute atomic E-state index is 6.05. The first-order chi connectivity index (χ1) is 10.3. The van der Waals surface area contributed by atoms with Crippen LogP contribution in [0, 0.1) is 6.92 Å². The minimum atomic E-state index is 0.125. The molecule has 0 amide bonds. The van der Waals surface area contributed by atoms with Gasteiger partial charge in [-0.05, 0) is 31.7 Å². The monoisotopic (exact) mass is 291 g/mol. The SMILES string of the molecule is CCCCOCCOC(CNC1CC1)c1cccc(C)c1. The molecule has 3 heteroatoms. The van der Waals surface area contributed by atoms with E-state index in [4.69, 9.17) is 9.47 Å². The summed E-state index contributed by atoms with van der Waals surface area (Å²) in [5.74, 6) is 0. The van der Waals surface area contributed by atoms with Crippen LogP contribution in [0.5, 0.6) is 0 Å². The highest BCUT2D eigenvalue weighted by Gasteiger charge is 2.22. The van der Waals surface area contributed by atoms with Crippen LogP contribution < -0.4 is 5.32 Å². The van der Waals surface area contributed by atoms with Crippen molar-refractivity contribution >= 4 is 0 Å². The lowest BCUT2D eigenvalue weighted by molar-refractivity contribution is 0.00344. The van der Waals surface area contributed by atoms with Gasteiger partial charge < -0.3 is 14.8 Å². The van der Waals surface area contributed by atoms with Crippen molar-refractivity contribution in [2.45, 2.75) is 51.7 Å². The number of nitrogens with one attached hydrogen (secondary N) is 1. The van der Waals surface area contributed by atoms with Crippen LogP contribution in [-0.2, 0) is 9.47 Å². The maximum atomic E-state index is 6.05. The molecule has 0 heterocycles. The second-order valence-corrected chi connectivity index (χ2v) is 5.92. The molecule has 0 radical (unpaired) electrons. The van der Waals surface area contributed by atoms with Gasteiger partial charge in [0.2, 0.25) is 0 Å². The van der Waals surface area contributed by atoms with E-state index in [0.717, 1.165) is 19.6 Å². The lowest BCUT2D eigenvalue weighted by Crippen LogP contribution is -2.26. The van der Waals surface area contributed by atoms with E-state index < -0.39 is 0 Å². The lowest BCUT2D eigenvalue weighted by atomic mass is 10.1. The molecule has 0 aromatic heterocycles. The van der Waals surface area contributed by atoms with Crippen LogP contribution in [0.2, 0.25) is 0 Å². The number of hydrogen-bond acceptors (Lipinski definition) is 3. The zero-order valence-corrected chi connectivity index (χ0v) is 13.4. The summed E-state index contributed by atoms with van der Waals surface area (Å²) in [7, 11) is 0. The first kappa shape index (κ1) is 16.5. The van der Waals surface area contributed by atoms with Gasteiger partial charge in [0, 0.05) is 19.2 Å². The van der Waals surface area contributed by atoms with Gasteiger partial charge in [0.1, 0.15) is 0 Å². The fraction of sp³-hybridized carbons (Fsp3) is 0.667. The van der Waals surface area contributed by atoms with E-state index in [1.807, 2.05) is 0 Å². The third-order valence-corrected chi connectivity index (χ3v) is 3.77. The molecule has 1 unspecified atom stereocenters. The Morgan fingerprint density at radius 1 is 1.24 bits per heavy atom. The van der Waals surface area contributed by atoms with E-state index in [9.17, 15) is 0 Å². The Hall–Kier alpha value is -0.900. The Balaban J connectivity index is 1.77. The number of unbranched alkanes of at least 4 members (excludes halogenated alkanes) is 1. The summed E-state index contributed by atoms with van der Waals surface area (Å²) in [6, 6.07) is 9.32. The van der Waals surface area contributed by atoms with E-state index in [2.05, 4.69) is 43.4 Å². The Bertz CT molecular complexity index is 404. The van der Waals surface area contributed by atoms with Crippen LogP contribution in [0.4, 0.5) is 0 Å². The lowest BCUT2D eigenvalue weighted by Gasteiger charge is -2.19. The molecule has 1 aromatic carbocycles. The average Bonchev–Trinajstić information content (AvgIpc) is 3.30. The van der Waals surface area contributed by atoms with Gasteiger partial charge in [0.25, 0.3) is 0 Å². The van der Waals surface area contributed by atoms with E-state index in [1.54, 1.807) is 0 Å². The second-order valence-electron chi connectivity index (χ2n) is 5.92. The summed E-state index contributed by atoms with van der Waals surface area (Å²) in [6.07, 6.45) is 5.05. The predicted octanol–water partition coefficient (Wildman–Crippen LogP) is 3.62. The van der Waals surface area contributed by atoms with Crippen molar-refractivity contribution in [3.63, 3.8) is 0 Å². The van der Waals surface area contributed by atoms with Gasteiger partial charge in [-0.2, -0.15) is 0 Å². The van der Waals surface area contributed by atoms with E-state index in [1.165, 1.54) is 30.4 Å². The molecule has 1 N–H and O–H groups in total. The molecule has 1 saturated carbocycles. The van der Waals surface area contributed by atoms with Gasteiger partial charge in [-0.1, -0.05) is 43.2 Å². The van der Waals surface area contributed by atoms with Gasteiger partial charge in [-0.15, -0.1) is 0 Å². The Morgan fingerprint density at radius 3 is 2.81 bits per heavy atom. The van der Waals surface area contributed by atoms with E-state index >= 15 is 0 Å². The fourth-order valence-electron chi connectivity index (χ4n) is 2.30. The van der Waals surface area contributed by atoms with Crippen molar-refractivity contribution in [2.24, 2.45) is 0 Å². The normalized spacial score (nSPS) is 16.1. The molecule has 1 aromatic rings. The molecule has 0 bridgehead atoms. The third kappa shape index (κ3) is 6.60. The molecular formula is C18H29NO2. The maximum Gasteiger partial charge on any atom is 0.0950 e. The summed E-state index contributed by atoms with van der Waals surface area (Å²) in [5.41, 5.74) is 2.54. The number of ether oxygens (including phenoxy) is 2. The molecule has 2 rings (SSSR count). The summed E-state index contributed by atoms with van der Waals surface area (Å²) in [4.78, 5) is 0. The number of benzene rings is 1. The van der Waals surface area contributed by atoms with E-state index in [0.29, 0.717) is 19.3 Å². The first-order valence-electron chi connectivity index (χ1n) is 8.29. The van der Waals surface area contributed by atoms with Gasteiger partial charge in [0.15, 0.2) is 0 Å². The highest BCUT2D eigenvalue weighted by molar-refractivity contribution is 5.24. The zero-order chi connectivity index (χ0) is 14.9. The van der Waals surface area contributed by atoms with Crippen molar-refractivity contribution in [2.75, 3.05) is 26.4 Å². The van der Waals surface area contributed by atoms with Gasteiger partial charge >= 0.3 is 0 Å². The summed E-state index contributed by atoms with van der Waals surface area (Å²) < 4.78 is 11.6. The number of hydrogen-bond donors (Lipinski definition) is 1. The molecular weight excluding hydrogens is 262 g/mol. The number of aryl methyl sites for hydroxylation is 1.